The number of aromatic nitrogens is 1. The summed E-state index contributed by atoms with van der Waals surface area (Å²) in [5.74, 6) is 0. The zero-order chi connectivity index (χ0) is 52.4. The summed E-state index contributed by atoms with van der Waals surface area (Å²) in [6.45, 7) is 5.25. The molecule has 1 aliphatic rings. The average molecular weight is 997 g/mol. The number of hydrogen-bond acceptors (Lipinski definition) is 1. The Morgan fingerprint density at radius 1 is 0.321 bits per heavy atom. The molecule has 0 aliphatic heterocycles. The Morgan fingerprint density at radius 3 is 1.38 bits per heavy atom. The van der Waals surface area contributed by atoms with Crippen molar-refractivity contribution in [3.63, 3.8) is 0 Å². The van der Waals surface area contributed by atoms with Crippen molar-refractivity contribution in [2.75, 3.05) is 4.90 Å². The van der Waals surface area contributed by atoms with Gasteiger partial charge in [0.25, 0.3) is 0 Å². The van der Waals surface area contributed by atoms with E-state index < -0.39 is 5.41 Å². The summed E-state index contributed by atoms with van der Waals surface area (Å²) in [6, 6.07) is 111. The van der Waals surface area contributed by atoms with Gasteiger partial charge in [-0.3, -0.25) is 0 Å². The number of para-hydroxylation sites is 1. The predicted octanol–water partition coefficient (Wildman–Crippen LogP) is 20.5. The molecule has 370 valence electrons. The lowest BCUT2D eigenvalue weighted by molar-refractivity contribution is 0.767. The third-order valence-corrected chi connectivity index (χ3v) is 15.5. The first-order chi connectivity index (χ1) is 38.6. The molecule has 1 aliphatic carbocycles. The van der Waals surface area contributed by atoms with Crippen LogP contribution in [-0.2, 0) is 5.41 Å². The molecule has 12 aromatic carbocycles. The number of anilines is 3. The fraction of sp³-hybridized carbons (Fsp3) is 0.0263. The van der Waals surface area contributed by atoms with E-state index in [-0.39, 0.29) is 0 Å². The molecule has 0 amide bonds. The molecule has 0 saturated heterocycles. The van der Waals surface area contributed by atoms with Gasteiger partial charge in [0.05, 0.1) is 16.4 Å². The highest BCUT2D eigenvalue weighted by Crippen LogP contribution is 2.57. The number of fused-ring (bicyclic) bond motifs is 6. The minimum atomic E-state index is -0.502. The van der Waals surface area contributed by atoms with Crippen LogP contribution in [0.1, 0.15) is 29.2 Å². The lowest BCUT2D eigenvalue weighted by Crippen LogP contribution is -2.28. The van der Waals surface area contributed by atoms with Crippen molar-refractivity contribution >= 4 is 38.9 Å². The van der Waals surface area contributed by atoms with Gasteiger partial charge in [-0.25, -0.2) is 0 Å². The SMILES string of the molecule is C=CC.c1ccc(-c2cccc(N(c3ccc(-c4ccccc4-c4ccc5c6ccccc6n(-c6ccc7c(c6)C(c6ccccc6)(c6ccccc6)c6ccccc6-7)c5c4)cc3)c3cccc(-c4ccccc4)c3)c2)cc1. The van der Waals surface area contributed by atoms with Gasteiger partial charge in [-0.1, -0.05) is 249 Å². The van der Waals surface area contributed by atoms with Crippen LogP contribution in [0.25, 0.3) is 83.1 Å². The molecule has 1 aromatic heterocycles. The van der Waals surface area contributed by atoms with E-state index in [2.05, 4.69) is 319 Å². The van der Waals surface area contributed by atoms with Crippen LogP contribution < -0.4 is 4.90 Å². The number of rotatable bonds is 10. The van der Waals surface area contributed by atoms with Gasteiger partial charge in [-0.15, -0.1) is 6.58 Å². The average Bonchev–Trinajstić information content (AvgIpc) is 4.22. The van der Waals surface area contributed by atoms with Crippen molar-refractivity contribution in [1.82, 2.24) is 4.57 Å². The standard InChI is InChI=1S/C73H50N2.C3H6/c1-5-21-51(22-6-1)54-25-19-31-60(47-54)74(61-32-20-26-55(48-61)52-23-7-2-8-24-52)59-42-39-53(40-43-59)63-33-13-14-34-64(63)56-41-45-68-67-36-16-18-38-71(67)75(72(68)49-56)62-44-46-66-65-35-15-17-37-69(65)73(70(66)50-62,57-27-9-3-10-28-57)58-29-11-4-12-30-58;1-3-2/h1-50H;3H,1H2,2H3. The van der Waals surface area contributed by atoms with Crippen molar-refractivity contribution in [2.45, 2.75) is 12.3 Å². The normalized spacial score (nSPS) is 12.1. The number of hydrogen-bond donors (Lipinski definition) is 0. The molecule has 0 saturated carbocycles. The fourth-order valence-electron chi connectivity index (χ4n) is 12.1. The van der Waals surface area contributed by atoms with Gasteiger partial charge >= 0.3 is 0 Å². The third-order valence-electron chi connectivity index (χ3n) is 15.5. The minimum Gasteiger partial charge on any atom is -0.310 e. The lowest BCUT2D eigenvalue weighted by Gasteiger charge is -2.34. The zero-order valence-corrected chi connectivity index (χ0v) is 43.5. The quantitative estimate of drug-likeness (QED) is 0.124. The van der Waals surface area contributed by atoms with Gasteiger partial charge in [0.15, 0.2) is 0 Å². The van der Waals surface area contributed by atoms with Crippen LogP contribution in [0.2, 0.25) is 0 Å². The molecule has 1 heterocycles. The second-order valence-corrected chi connectivity index (χ2v) is 20.0. The van der Waals surface area contributed by atoms with Gasteiger partial charge < -0.3 is 9.47 Å². The first-order valence-electron chi connectivity index (χ1n) is 26.9. The Kier molecular flexibility index (Phi) is 12.6. The molecule has 0 fully saturated rings. The van der Waals surface area contributed by atoms with E-state index in [0.29, 0.717) is 0 Å². The van der Waals surface area contributed by atoms with E-state index in [1.165, 1.54) is 94.1 Å². The Bertz CT molecular complexity index is 4150. The Labute approximate surface area is 457 Å². The van der Waals surface area contributed by atoms with Gasteiger partial charge in [-0.2, -0.15) is 0 Å². The van der Waals surface area contributed by atoms with Crippen LogP contribution in [0.5, 0.6) is 0 Å². The molecule has 0 radical (unpaired) electrons. The summed E-state index contributed by atoms with van der Waals surface area (Å²) in [6.07, 6.45) is 1.75. The number of benzene rings is 12. The largest absolute Gasteiger partial charge is 0.310 e. The molecule has 14 rings (SSSR count). The van der Waals surface area contributed by atoms with Crippen LogP contribution in [0, 0.1) is 0 Å². The van der Waals surface area contributed by atoms with Crippen LogP contribution in [-0.4, -0.2) is 4.57 Å². The van der Waals surface area contributed by atoms with Gasteiger partial charge in [-0.05, 0) is 145 Å². The monoisotopic (exact) mass is 996 g/mol. The molecular formula is C76H56N2. The Balaban J connectivity index is 0.00000189. The van der Waals surface area contributed by atoms with E-state index in [1.807, 2.05) is 6.92 Å². The smallest absolute Gasteiger partial charge is 0.0714 e. The van der Waals surface area contributed by atoms with Crippen molar-refractivity contribution in [1.29, 1.82) is 0 Å². The van der Waals surface area contributed by atoms with Crippen LogP contribution >= 0.6 is 0 Å². The van der Waals surface area contributed by atoms with Gasteiger partial charge in [0.2, 0.25) is 0 Å². The van der Waals surface area contributed by atoms with E-state index in [4.69, 9.17) is 0 Å². The maximum absolute atomic E-state index is 3.36. The van der Waals surface area contributed by atoms with Gasteiger partial charge in [0.1, 0.15) is 0 Å². The molecule has 0 N–H and O–H groups in total. The van der Waals surface area contributed by atoms with E-state index >= 15 is 0 Å². The molecular weight excluding hydrogens is 941 g/mol. The molecule has 0 unspecified atom stereocenters. The maximum Gasteiger partial charge on any atom is 0.0714 e. The molecule has 0 bridgehead atoms. The lowest BCUT2D eigenvalue weighted by atomic mass is 9.67. The summed E-state index contributed by atoms with van der Waals surface area (Å²) < 4.78 is 2.49. The van der Waals surface area contributed by atoms with Gasteiger partial charge in [0, 0.05) is 33.5 Å². The summed E-state index contributed by atoms with van der Waals surface area (Å²) in [7, 11) is 0. The van der Waals surface area contributed by atoms with Crippen molar-refractivity contribution in [3.8, 4) is 61.3 Å². The van der Waals surface area contributed by atoms with E-state index in [0.717, 1.165) is 28.3 Å². The summed E-state index contributed by atoms with van der Waals surface area (Å²) in [5.41, 5.74) is 23.3. The van der Waals surface area contributed by atoms with Crippen LogP contribution in [0.4, 0.5) is 17.1 Å². The highest BCUT2D eigenvalue weighted by Gasteiger charge is 2.46. The van der Waals surface area contributed by atoms with E-state index in [9.17, 15) is 0 Å². The third kappa shape index (κ3) is 8.32. The Hall–Kier alpha value is -10.0. The van der Waals surface area contributed by atoms with Crippen molar-refractivity contribution in [3.05, 3.63) is 338 Å². The Morgan fingerprint density at radius 2 is 0.782 bits per heavy atom. The first kappa shape index (κ1) is 47.7. The fourth-order valence-corrected chi connectivity index (χ4v) is 12.1. The summed E-state index contributed by atoms with van der Waals surface area (Å²) in [5, 5.41) is 2.46. The highest BCUT2D eigenvalue weighted by molar-refractivity contribution is 6.10. The number of allylic oxidation sites excluding steroid dienone is 1. The van der Waals surface area contributed by atoms with Crippen molar-refractivity contribution < 1.29 is 0 Å². The molecule has 2 heteroatoms. The van der Waals surface area contributed by atoms with Crippen LogP contribution in [0.15, 0.2) is 316 Å². The first-order valence-corrected chi connectivity index (χ1v) is 26.9. The van der Waals surface area contributed by atoms with Crippen molar-refractivity contribution in [2.24, 2.45) is 0 Å². The van der Waals surface area contributed by atoms with Crippen LogP contribution in [0.3, 0.4) is 0 Å². The molecule has 78 heavy (non-hydrogen) atoms. The molecule has 0 spiro atoms. The molecule has 13 aromatic rings. The minimum absolute atomic E-state index is 0.502. The summed E-state index contributed by atoms with van der Waals surface area (Å²) in [4.78, 5) is 2.38. The number of nitrogens with zero attached hydrogens (tertiary/aromatic N) is 2. The maximum atomic E-state index is 3.36. The van der Waals surface area contributed by atoms with E-state index in [1.54, 1.807) is 6.08 Å². The second-order valence-electron chi connectivity index (χ2n) is 20.0. The summed E-state index contributed by atoms with van der Waals surface area (Å²) >= 11 is 0. The predicted molar refractivity (Wildman–Crippen MR) is 330 cm³/mol. The molecule has 2 nitrogen and oxygen atoms in total. The zero-order valence-electron chi connectivity index (χ0n) is 43.5. The second kappa shape index (κ2) is 20.6. The topological polar surface area (TPSA) is 8.17 Å². The highest BCUT2D eigenvalue weighted by atomic mass is 15.1. The molecule has 0 atom stereocenters.